The highest BCUT2D eigenvalue weighted by molar-refractivity contribution is 6.02. The SMILES string of the molecule is CC(=O)c1c(C)[nH]c(C(=O)NCC(Cc2ccccc2)N(C)C)c1C. The minimum atomic E-state index is -0.173. The largest absolute Gasteiger partial charge is 0.354 e. The Hall–Kier alpha value is -2.40. The van der Waals surface area contributed by atoms with Gasteiger partial charge in [-0.2, -0.15) is 0 Å². The molecule has 2 rings (SSSR count). The van der Waals surface area contributed by atoms with E-state index in [1.54, 1.807) is 0 Å². The monoisotopic (exact) mass is 341 g/mol. The smallest absolute Gasteiger partial charge is 0.268 e. The predicted octanol–water partition coefficient (Wildman–Crippen LogP) is 2.74. The number of Topliss-reactive ketones (excluding diaryl/α,β-unsaturated/α-hetero) is 1. The number of ketones is 1. The fourth-order valence-corrected chi connectivity index (χ4v) is 3.13. The molecule has 1 heterocycles. The second kappa shape index (κ2) is 8.12. The van der Waals surface area contributed by atoms with Crippen LogP contribution in [0.25, 0.3) is 0 Å². The summed E-state index contributed by atoms with van der Waals surface area (Å²) in [4.78, 5) is 29.4. The van der Waals surface area contributed by atoms with Gasteiger partial charge >= 0.3 is 0 Å². The van der Waals surface area contributed by atoms with Gasteiger partial charge in [-0.15, -0.1) is 0 Å². The van der Waals surface area contributed by atoms with Gasteiger partial charge in [0.1, 0.15) is 5.69 Å². The summed E-state index contributed by atoms with van der Waals surface area (Å²) in [5.74, 6) is -0.200. The van der Waals surface area contributed by atoms with Crippen LogP contribution in [0.1, 0.15) is 44.6 Å². The van der Waals surface area contributed by atoms with Crippen LogP contribution in [0.2, 0.25) is 0 Å². The lowest BCUT2D eigenvalue weighted by atomic mass is 10.0. The zero-order valence-corrected chi connectivity index (χ0v) is 15.6. The van der Waals surface area contributed by atoms with Gasteiger partial charge in [0.25, 0.3) is 5.91 Å². The number of carbonyl (C=O) groups excluding carboxylic acids is 2. The van der Waals surface area contributed by atoms with Crippen molar-refractivity contribution in [3.05, 3.63) is 58.4 Å². The zero-order valence-electron chi connectivity index (χ0n) is 15.6. The first kappa shape index (κ1) is 18.9. The maximum atomic E-state index is 12.6. The average Bonchev–Trinajstić information content (AvgIpc) is 2.86. The number of amides is 1. The summed E-state index contributed by atoms with van der Waals surface area (Å²) >= 11 is 0. The Bertz CT molecular complexity index is 748. The van der Waals surface area contributed by atoms with E-state index in [9.17, 15) is 9.59 Å². The summed E-state index contributed by atoms with van der Waals surface area (Å²) in [7, 11) is 4.02. The van der Waals surface area contributed by atoms with Crippen molar-refractivity contribution in [2.45, 2.75) is 33.2 Å². The number of aromatic amines is 1. The molecule has 5 heteroatoms. The number of aromatic nitrogens is 1. The Balaban J connectivity index is 2.07. The van der Waals surface area contributed by atoms with E-state index in [0.717, 1.165) is 12.1 Å². The number of hydrogen-bond donors (Lipinski definition) is 2. The van der Waals surface area contributed by atoms with Gasteiger partial charge in [-0.3, -0.25) is 9.59 Å². The highest BCUT2D eigenvalue weighted by Gasteiger charge is 2.21. The Morgan fingerprint density at radius 2 is 1.80 bits per heavy atom. The predicted molar refractivity (Wildman–Crippen MR) is 100 cm³/mol. The molecule has 0 radical (unpaired) electrons. The molecule has 1 atom stereocenters. The van der Waals surface area contributed by atoms with Crippen LogP contribution >= 0.6 is 0 Å². The molecule has 0 saturated heterocycles. The van der Waals surface area contributed by atoms with Gasteiger partial charge in [-0.25, -0.2) is 0 Å². The molecule has 2 aromatic rings. The van der Waals surface area contributed by atoms with Gasteiger partial charge in [0.05, 0.1) is 0 Å². The van der Waals surface area contributed by atoms with Crippen molar-refractivity contribution in [1.29, 1.82) is 0 Å². The second-order valence-electron chi connectivity index (χ2n) is 6.70. The molecule has 1 unspecified atom stereocenters. The maximum absolute atomic E-state index is 12.6. The number of hydrogen-bond acceptors (Lipinski definition) is 3. The van der Waals surface area contributed by atoms with E-state index < -0.39 is 0 Å². The summed E-state index contributed by atoms with van der Waals surface area (Å²) in [6.07, 6.45) is 0.857. The molecular weight excluding hydrogens is 314 g/mol. The fourth-order valence-electron chi connectivity index (χ4n) is 3.13. The Morgan fingerprint density at radius 3 is 2.32 bits per heavy atom. The summed E-state index contributed by atoms with van der Waals surface area (Å²) in [6, 6.07) is 10.4. The van der Waals surface area contributed by atoms with Gasteiger partial charge in [-0.05, 0) is 52.4 Å². The van der Waals surface area contributed by atoms with E-state index in [1.165, 1.54) is 12.5 Å². The number of likely N-dealkylation sites (N-methyl/N-ethyl adjacent to an activating group) is 1. The van der Waals surface area contributed by atoms with E-state index in [0.29, 0.717) is 23.4 Å². The van der Waals surface area contributed by atoms with Crippen molar-refractivity contribution in [3.63, 3.8) is 0 Å². The molecule has 5 nitrogen and oxygen atoms in total. The highest BCUT2D eigenvalue weighted by atomic mass is 16.2. The fraction of sp³-hybridized carbons (Fsp3) is 0.400. The number of nitrogens with zero attached hydrogens (tertiary/aromatic N) is 1. The lowest BCUT2D eigenvalue weighted by molar-refractivity contribution is 0.0936. The average molecular weight is 341 g/mol. The summed E-state index contributed by atoms with van der Waals surface area (Å²) in [5.41, 5.74) is 3.77. The zero-order chi connectivity index (χ0) is 18.6. The van der Waals surface area contributed by atoms with Crippen LogP contribution in [0.3, 0.4) is 0 Å². The maximum Gasteiger partial charge on any atom is 0.268 e. The third-order valence-corrected chi connectivity index (χ3v) is 4.56. The van der Waals surface area contributed by atoms with Gasteiger partial charge in [0.15, 0.2) is 5.78 Å². The molecule has 1 aromatic heterocycles. The molecule has 134 valence electrons. The number of nitrogens with one attached hydrogen (secondary N) is 2. The van der Waals surface area contributed by atoms with Crippen LogP contribution < -0.4 is 5.32 Å². The van der Waals surface area contributed by atoms with Gasteiger partial charge < -0.3 is 15.2 Å². The standard InChI is InChI=1S/C20H27N3O2/c1-13-18(15(3)24)14(2)22-19(13)20(25)21-12-17(23(4)5)11-16-9-7-6-8-10-16/h6-10,17,22H,11-12H2,1-5H3,(H,21,25). The molecule has 0 aliphatic rings. The van der Waals surface area contributed by atoms with Crippen molar-refractivity contribution in [2.75, 3.05) is 20.6 Å². The van der Waals surface area contributed by atoms with E-state index in [2.05, 4.69) is 27.3 Å². The molecule has 1 amide bonds. The second-order valence-corrected chi connectivity index (χ2v) is 6.70. The third kappa shape index (κ3) is 4.57. The van der Waals surface area contributed by atoms with Crippen molar-refractivity contribution < 1.29 is 9.59 Å². The molecule has 0 bridgehead atoms. The molecule has 0 aliphatic heterocycles. The number of benzene rings is 1. The molecule has 0 aliphatic carbocycles. The highest BCUT2D eigenvalue weighted by Crippen LogP contribution is 2.18. The molecule has 0 spiro atoms. The van der Waals surface area contributed by atoms with E-state index >= 15 is 0 Å². The molecule has 0 fully saturated rings. The van der Waals surface area contributed by atoms with Gasteiger partial charge in [0.2, 0.25) is 0 Å². The quantitative estimate of drug-likeness (QED) is 0.761. The number of rotatable bonds is 7. The Labute approximate surface area is 149 Å². The van der Waals surface area contributed by atoms with Crippen molar-refractivity contribution >= 4 is 11.7 Å². The molecular formula is C20H27N3O2. The van der Waals surface area contributed by atoms with Crippen molar-refractivity contribution in [3.8, 4) is 0 Å². The Morgan fingerprint density at radius 1 is 1.16 bits per heavy atom. The minimum Gasteiger partial charge on any atom is -0.354 e. The molecule has 0 saturated carbocycles. The van der Waals surface area contributed by atoms with Crippen LogP contribution in [0.15, 0.2) is 30.3 Å². The minimum absolute atomic E-state index is 0.0273. The summed E-state index contributed by atoms with van der Waals surface area (Å²) in [5, 5.41) is 3.00. The first-order chi connectivity index (χ1) is 11.8. The third-order valence-electron chi connectivity index (χ3n) is 4.56. The van der Waals surface area contributed by atoms with Gasteiger partial charge in [-0.1, -0.05) is 30.3 Å². The topological polar surface area (TPSA) is 65.2 Å². The van der Waals surface area contributed by atoms with Gasteiger partial charge in [0, 0.05) is 23.8 Å². The van der Waals surface area contributed by atoms with Crippen molar-refractivity contribution in [2.24, 2.45) is 0 Å². The molecule has 25 heavy (non-hydrogen) atoms. The lowest BCUT2D eigenvalue weighted by Gasteiger charge is -2.24. The van der Waals surface area contributed by atoms with Crippen LogP contribution in [0.5, 0.6) is 0 Å². The van der Waals surface area contributed by atoms with E-state index in [-0.39, 0.29) is 17.7 Å². The Kier molecular flexibility index (Phi) is 6.15. The molecule has 1 aromatic carbocycles. The molecule has 2 N–H and O–H groups in total. The number of H-pyrrole nitrogens is 1. The normalized spacial score (nSPS) is 12.2. The van der Waals surface area contributed by atoms with Crippen LogP contribution in [-0.2, 0) is 6.42 Å². The van der Waals surface area contributed by atoms with Crippen LogP contribution in [0.4, 0.5) is 0 Å². The number of carbonyl (C=O) groups is 2. The van der Waals surface area contributed by atoms with Crippen LogP contribution in [-0.4, -0.2) is 48.3 Å². The van der Waals surface area contributed by atoms with E-state index in [4.69, 9.17) is 0 Å². The van der Waals surface area contributed by atoms with Crippen molar-refractivity contribution in [1.82, 2.24) is 15.2 Å². The lowest BCUT2D eigenvalue weighted by Crippen LogP contribution is -2.41. The summed E-state index contributed by atoms with van der Waals surface area (Å²) < 4.78 is 0. The first-order valence-corrected chi connectivity index (χ1v) is 8.50. The first-order valence-electron chi connectivity index (χ1n) is 8.50. The van der Waals surface area contributed by atoms with E-state index in [1.807, 2.05) is 46.1 Å². The summed E-state index contributed by atoms with van der Waals surface area (Å²) in [6.45, 7) is 5.68. The number of aryl methyl sites for hydroxylation is 1. The van der Waals surface area contributed by atoms with Crippen LogP contribution in [0, 0.1) is 13.8 Å².